The highest BCUT2D eigenvalue weighted by Gasteiger charge is 2.34. The molecular formula is C34H35ClFN3O5S. The molecule has 0 aliphatic carbocycles. The molecule has 4 aromatic rings. The van der Waals surface area contributed by atoms with Crippen LogP contribution in [0.2, 0.25) is 5.02 Å². The fourth-order valence-electron chi connectivity index (χ4n) is 4.76. The SMILES string of the molecule is CCCNC(=O)[C@H](Cc1ccccc1)N(Cc1cccc(Cl)c1)C(=O)CN(c1ccc(F)cc1)S(=O)(=O)c1ccc(OC)cc1. The molecule has 0 radical (unpaired) electrons. The van der Waals surface area contributed by atoms with Crippen molar-refractivity contribution in [3.63, 3.8) is 0 Å². The molecule has 8 nitrogen and oxygen atoms in total. The zero-order valence-corrected chi connectivity index (χ0v) is 26.6. The van der Waals surface area contributed by atoms with Gasteiger partial charge in [0.05, 0.1) is 17.7 Å². The van der Waals surface area contributed by atoms with Crippen molar-refractivity contribution in [1.29, 1.82) is 0 Å². The highest BCUT2D eigenvalue weighted by molar-refractivity contribution is 7.92. The smallest absolute Gasteiger partial charge is 0.264 e. The fourth-order valence-corrected chi connectivity index (χ4v) is 6.39. The number of nitrogens with one attached hydrogen (secondary N) is 1. The Hall–Kier alpha value is -4.41. The van der Waals surface area contributed by atoms with Crippen molar-refractivity contribution < 1.29 is 27.1 Å². The zero-order valence-electron chi connectivity index (χ0n) is 25.0. The summed E-state index contributed by atoms with van der Waals surface area (Å²) in [6.07, 6.45) is 0.870. The van der Waals surface area contributed by atoms with E-state index in [1.807, 2.05) is 37.3 Å². The molecule has 0 saturated heterocycles. The molecule has 0 aliphatic rings. The van der Waals surface area contributed by atoms with Gasteiger partial charge in [-0.25, -0.2) is 12.8 Å². The second-order valence-electron chi connectivity index (χ2n) is 10.3. The monoisotopic (exact) mass is 651 g/mol. The standard InChI is InChI=1S/C34H35ClFN3O5S/c1-3-20-37-34(41)32(22-25-8-5-4-6-9-25)38(23-26-10-7-11-27(35)21-26)33(40)24-39(29-14-12-28(36)13-15-29)45(42,43)31-18-16-30(44-2)17-19-31/h4-19,21,32H,3,20,22-24H2,1-2H3,(H,37,41)/t32-/m0/s1. The summed E-state index contributed by atoms with van der Waals surface area (Å²) in [5.41, 5.74) is 1.56. The van der Waals surface area contributed by atoms with Gasteiger partial charge in [-0.15, -0.1) is 0 Å². The number of anilines is 1. The summed E-state index contributed by atoms with van der Waals surface area (Å²) in [7, 11) is -2.87. The Morgan fingerprint density at radius 1 is 0.911 bits per heavy atom. The summed E-state index contributed by atoms with van der Waals surface area (Å²) in [6, 6.07) is 25.8. The molecule has 1 N–H and O–H groups in total. The van der Waals surface area contributed by atoms with Gasteiger partial charge in [-0.2, -0.15) is 0 Å². The lowest BCUT2D eigenvalue weighted by atomic mass is 10.0. The summed E-state index contributed by atoms with van der Waals surface area (Å²) in [5.74, 6) is -1.12. The number of amides is 2. The molecule has 45 heavy (non-hydrogen) atoms. The number of rotatable bonds is 14. The summed E-state index contributed by atoms with van der Waals surface area (Å²) < 4.78 is 48.1. The number of ether oxygens (including phenoxy) is 1. The predicted molar refractivity (Wildman–Crippen MR) is 173 cm³/mol. The number of hydrogen-bond acceptors (Lipinski definition) is 5. The minimum Gasteiger partial charge on any atom is -0.497 e. The third-order valence-electron chi connectivity index (χ3n) is 7.10. The number of carbonyl (C=O) groups is 2. The van der Waals surface area contributed by atoms with E-state index in [1.54, 1.807) is 24.3 Å². The van der Waals surface area contributed by atoms with Crippen molar-refractivity contribution in [3.05, 3.63) is 125 Å². The molecule has 0 bridgehead atoms. The molecule has 4 aromatic carbocycles. The first-order chi connectivity index (χ1) is 21.6. The van der Waals surface area contributed by atoms with E-state index in [4.69, 9.17) is 16.3 Å². The quantitative estimate of drug-likeness (QED) is 0.185. The third kappa shape index (κ3) is 8.83. The van der Waals surface area contributed by atoms with Crippen molar-refractivity contribution >= 4 is 39.1 Å². The van der Waals surface area contributed by atoms with Crippen LogP contribution in [-0.4, -0.2) is 51.4 Å². The average Bonchev–Trinajstić information content (AvgIpc) is 3.05. The first-order valence-electron chi connectivity index (χ1n) is 14.4. The number of halogens is 2. The van der Waals surface area contributed by atoms with Crippen LogP contribution in [0.1, 0.15) is 24.5 Å². The Labute approximate surface area is 268 Å². The van der Waals surface area contributed by atoms with E-state index in [0.29, 0.717) is 29.3 Å². The molecular weight excluding hydrogens is 617 g/mol. The Kier molecular flexibility index (Phi) is 11.6. The predicted octanol–water partition coefficient (Wildman–Crippen LogP) is 5.85. The third-order valence-corrected chi connectivity index (χ3v) is 9.13. The van der Waals surface area contributed by atoms with Crippen molar-refractivity contribution in [1.82, 2.24) is 10.2 Å². The molecule has 2 amide bonds. The number of sulfonamides is 1. The van der Waals surface area contributed by atoms with Gasteiger partial charge < -0.3 is 15.0 Å². The highest BCUT2D eigenvalue weighted by Crippen LogP contribution is 2.27. The molecule has 0 aromatic heterocycles. The first-order valence-corrected chi connectivity index (χ1v) is 16.2. The van der Waals surface area contributed by atoms with Crippen LogP contribution >= 0.6 is 11.6 Å². The van der Waals surface area contributed by atoms with Crippen molar-refractivity contribution in [2.24, 2.45) is 0 Å². The molecule has 236 valence electrons. The van der Waals surface area contributed by atoms with Gasteiger partial charge >= 0.3 is 0 Å². The Morgan fingerprint density at radius 2 is 1.58 bits per heavy atom. The molecule has 0 heterocycles. The normalized spacial score (nSPS) is 11.8. The average molecular weight is 652 g/mol. The summed E-state index contributed by atoms with van der Waals surface area (Å²) in [5, 5.41) is 3.35. The Balaban J connectivity index is 1.79. The van der Waals surface area contributed by atoms with Crippen LogP contribution in [0, 0.1) is 5.82 Å². The molecule has 0 fully saturated rings. The number of hydrogen-bond donors (Lipinski definition) is 1. The van der Waals surface area contributed by atoms with Gasteiger partial charge in [0.1, 0.15) is 24.2 Å². The Bertz CT molecular complexity index is 1690. The van der Waals surface area contributed by atoms with Crippen molar-refractivity contribution in [3.8, 4) is 5.75 Å². The van der Waals surface area contributed by atoms with Crippen LogP contribution in [-0.2, 0) is 32.6 Å². The van der Waals surface area contributed by atoms with Gasteiger partial charge in [-0.1, -0.05) is 61.0 Å². The topological polar surface area (TPSA) is 96.0 Å². The van der Waals surface area contributed by atoms with E-state index < -0.39 is 34.3 Å². The summed E-state index contributed by atoms with van der Waals surface area (Å²) in [6.45, 7) is 1.64. The molecule has 0 saturated carbocycles. The van der Waals surface area contributed by atoms with Crippen LogP contribution < -0.4 is 14.4 Å². The van der Waals surface area contributed by atoms with E-state index >= 15 is 0 Å². The second kappa shape index (κ2) is 15.5. The molecule has 11 heteroatoms. The van der Waals surface area contributed by atoms with E-state index in [9.17, 15) is 22.4 Å². The maximum atomic E-state index is 14.4. The minimum atomic E-state index is -4.33. The second-order valence-corrected chi connectivity index (χ2v) is 12.6. The van der Waals surface area contributed by atoms with E-state index in [2.05, 4.69) is 5.32 Å². The lowest BCUT2D eigenvalue weighted by molar-refractivity contribution is -0.140. The van der Waals surface area contributed by atoms with Crippen molar-refractivity contribution in [2.75, 3.05) is 24.5 Å². The van der Waals surface area contributed by atoms with Crippen molar-refractivity contribution in [2.45, 2.75) is 37.2 Å². The first kappa shape index (κ1) is 33.5. The Morgan fingerprint density at radius 3 is 2.20 bits per heavy atom. The van der Waals surface area contributed by atoms with Crippen LogP contribution in [0.25, 0.3) is 0 Å². The molecule has 4 rings (SSSR count). The molecule has 0 spiro atoms. The van der Waals surface area contributed by atoms with E-state index in [1.165, 1.54) is 48.4 Å². The van der Waals surface area contributed by atoms with Crippen LogP contribution in [0.5, 0.6) is 5.75 Å². The van der Waals surface area contributed by atoms with Gasteiger partial charge in [-0.05, 0) is 78.2 Å². The van der Waals surface area contributed by atoms with Gasteiger partial charge in [-0.3, -0.25) is 13.9 Å². The van der Waals surface area contributed by atoms with Gasteiger partial charge in [0.2, 0.25) is 11.8 Å². The zero-order chi connectivity index (χ0) is 32.4. The number of carbonyl (C=O) groups excluding carboxylic acids is 2. The molecule has 0 aliphatic heterocycles. The van der Waals surface area contributed by atoms with Gasteiger partial charge in [0, 0.05) is 24.5 Å². The molecule has 1 atom stereocenters. The van der Waals surface area contributed by atoms with Crippen LogP contribution in [0.4, 0.5) is 10.1 Å². The molecule has 0 unspecified atom stereocenters. The van der Waals surface area contributed by atoms with Crippen LogP contribution in [0.3, 0.4) is 0 Å². The number of benzene rings is 4. The summed E-state index contributed by atoms with van der Waals surface area (Å²) >= 11 is 6.26. The number of nitrogens with zero attached hydrogens (tertiary/aromatic N) is 2. The summed E-state index contributed by atoms with van der Waals surface area (Å²) in [4.78, 5) is 29.3. The highest BCUT2D eigenvalue weighted by atomic mass is 35.5. The minimum absolute atomic E-state index is 0.0176. The van der Waals surface area contributed by atoms with Crippen LogP contribution in [0.15, 0.2) is 108 Å². The lowest BCUT2D eigenvalue weighted by Crippen LogP contribution is -2.53. The maximum Gasteiger partial charge on any atom is 0.264 e. The lowest BCUT2D eigenvalue weighted by Gasteiger charge is -2.34. The largest absolute Gasteiger partial charge is 0.497 e. The number of methoxy groups -OCH3 is 1. The van der Waals surface area contributed by atoms with Gasteiger partial charge in [0.25, 0.3) is 10.0 Å². The van der Waals surface area contributed by atoms with E-state index in [0.717, 1.165) is 22.0 Å². The van der Waals surface area contributed by atoms with Gasteiger partial charge in [0.15, 0.2) is 0 Å². The van der Waals surface area contributed by atoms with E-state index in [-0.39, 0.29) is 29.5 Å². The maximum absolute atomic E-state index is 14.4. The fraction of sp³-hybridized carbons (Fsp3) is 0.235.